The Hall–Kier alpha value is -2.27. The first-order valence-corrected chi connectivity index (χ1v) is 9.78. The average molecular weight is 397 g/mol. The summed E-state index contributed by atoms with van der Waals surface area (Å²) in [6, 6.07) is 15.5. The molecule has 1 heterocycles. The van der Waals surface area contributed by atoms with Gasteiger partial charge in [-0.2, -0.15) is 5.26 Å². The van der Waals surface area contributed by atoms with Gasteiger partial charge in [0.25, 0.3) is 0 Å². The van der Waals surface area contributed by atoms with E-state index < -0.39 is 37.1 Å². The zero-order chi connectivity index (χ0) is 21.1. The van der Waals surface area contributed by atoms with E-state index in [1.807, 2.05) is 12.1 Å². The maximum Gasteiger partial charge on any atom is 0.113 e. The fourth-order valence-electron chi connectivity index (χ4n) is 3.66. The summed E-state index contributed by atoms with van der Waals surface area (Å²) < 4.78 is 5.64. The van der Waals surface area contributed by atoms with Gasteiger partial charge in [-0.3, -0.25) is 0 Å². The topological polar surface area (TPSA) is 114 Å². The Balaban J connectivity index is 1.89. The van der Waals surface area contributed by atoms with Crippen LogP contribution in [0.2, 0.25) is 0 Å². The third kappa shape index (κ3) is 4.50. The number of nitriles is 1. The van der Waals surface area contributed by atoms with Gasteiger partial charge in [-0.25, -0.2) is 0 Å². The fraction of sp³-hybridized carbons (Fsp3) is 0.435. The van der Waals surface area contributed by atoms with Crippen molar-refractivity contribution in [1.82, 2.24) is 0 Å². The number of hydrogen-bond acceptors (Lipinski definition) is 6. The fourth-order valence-corrected chi connectivity index (χ4v) is 3.66. The van der Waals surface area contributed by atoms with Crippen LogP contribution in [0, 0.1) is 11.3 Å². The highest BCUT2D eigenvalue weighted by Crippen LogP contribution is 2.33. The zero-order valence-corrected chi connectivity index (χ0v) is 16.6. The number of rotatable bonds is 5. The second-order valence-corrected chi connectivity index (χ2v) is 7.85. The molecule has 0 aliphatic carbocycles. The van der Waals surface area contributed by atoms with Crippen molar-refractivity contribution < 1.29 is 25.2 Å². The third-order valence-electron chi connectivity index (χ3n) is 5.51. The van der Waals surface area contributed by atoms with Gasteiger partial charge in [-0.1, -0.05) is 50.2 Å². The van der Waals surface area contributed by atoms with E-state index in [9.17, 15) is 25.7 Å². The van der Waals surface area contributed by atoms with Gasteiger partial charge >= 0.3 is 0 Å². The molecule has 154 valence electrons. The SMILES string of the molecule is CC(C)c1ccc(Cc2cc([C@@H]3O[C@H](CO)[C@@H](O)[C@H](O)[C@H]3O)ccc2C#N)cc1. The Morgan fingerprint density at radius 2 is 1.69 bits per heavy atom. The van der Waals surface area contributed by atoms with Crippen molar-refractivity contribution in [3.8, 4) is 6.07 Å². The molecule has 6 nitrogen and oxygen atoms in total. The van der Waals surface area contributed by atoms with E-state index in [1.165, 1.54) is 5.56 Å². The number of ether oxygens (including phenoxy) is 1. The van der Waals surface area contributed by atoms with Crippen LogP contribution in [0.25, 0.3) is 0 Å². The molecule has 0 radical (unpaired) electrons. The lowest BCUT2D eigenvalue weighted by Crippen LogP contribution is -2.55. The summed E-state index contributed by atoms with van der Waals surface area (Å²) in [5.41, 5.74) is 4.17. The number of aliphatic hydroxyl groups is 4. The van der Waals surface area contributed by atoms with Gasteiger partial charge in [0.05, 0.1) is 18.2 Å². The van der Waals surface area contributed by atoms with Gasteiger partial charge in [0.2, 0.25) is 0 Å². The van der Waals surface area contributed by atoms with Crippen LogP contribution in [-0.4, -0.2) is 51.4 Å². The summed E-state index contributed by atoms with van der Waals surface area (Å²) in [5, 5.41) is 49.3. The van der Waals surface area contributed by atoms with E-state index in [2.05, 4.69) is 32.0 Å². The number of benzene rings is 2. The number of nitrogens with zero attached hydrogens (tertiary/aromatic N) is 1. The second-order valence-electron chi connectivity index (χ2n) is 7.85. The molecule has 0 aromatic heterocycles. The highest BCUT2D eigenvalue weighted by Gasteiger charge is 2.44. The van der Waals surface area contributed by atoms with Gasteiger partial charge < -0.3 is 25.2 Å². The van der Waals surface area contributed by atoms with E-state index in [-0.39, 0.29) is 0 Å². The molecule has 2 aromatic carbocycles. The molecule has 1 saturated heterocycles. The van der Waals surface area contributed by atoms with Crippen LogP contribution in [-0.2, 0) is 11.2 Å². The first-order valence-electron chi connectivity index (χ1n) is 9.78. The second kappa shape index (κ2) is 9.04. The Labute approximate surface area is 170 Å². The molecule has 0 unspecified atom stereocenters. The number of hydrogen-bond donors (Lipinski definition) is 4. The molecular weight excluding hydrogens is 370 g/mol. The van der Waals surface area contributed by atoms with E-state index in [1.54, 1.807) is 18.2 Å². The molecule has 6 heteroatoms. The van der Waals surface area contributed by atoms with Gasteiger partial charge in [0.1, 0.15) is 30.5 Å². The van der Waals surface area contributed by atoms with E-state index in [4.69, 9.17) is 4.74 Å². The van der Waals surface area contributed by atoms with E-state index >= 15 is 0 Å². The summed E-state index contributed by atoms with van der Waals surface area (Å²) in [7, 11) is 0. The summed E-state index contributed by atoms with van der Waals surface area (Å²) in [5.74, 6) is 0.438. The van der Waals surface area contributed by atoms with Crippen LogP contribution < -0.4 is 0 Å². The Kier molecular flexibility index (Phi) is 6.68. The molecule has 2 aromatic rings. The number of aliphatic hydroxyl groups excluding tert-OH is 4. The Morgan fingerprint density at radius 1 is 1.00 bits per heavy atom. The minimum absolute atomic E-state index is 0.438. The molecule has 1 fully saturated rings. The van der Waals surface area contributed by atoms with E-state index in [0.717, 1.165) is 11.1 Å². The lowest BCUT2D eigenvalue weighted by atomic mass is 9.89. The minimum atomic E-state index is -1.44. The third-order valence-corrected chi connectivity index (χ3v) is 5.51. The lowest BCUT2D eigenvalue weighted by Gasteiger charge is -2.40. The molecular formula is C23H27NO5. The van der Waals surface area contributed by atoms with Gasteiger partial charge in [-0.05, 0) is 40.7 Å². The van der Waals surface area contributed by atoms with Crippen LogP contribution in [0.3, 0.4) is 0 Å². The average Bonchev–Trinajstić information content (AvgIpc) is 2.72. The van der Waals surface area contributed by atoms with Gasteiger partial charge in [-0.15, -0.1) is 0 Å². The van der Waals surface area contributed by atoms with Crippen molar-refractivity contribution in [3.63, 3.8) is 0 Å². The highest BCUT2D eigenvalue weighted by molar-refractivity contribution is 5.44. The first-order chi connectivity index (χ1) is 13.8. The van der Waals surface area contributed by atoms with Gasteiger partial charge in [0, 0.05) is 0 Å². The quantitative estimate of drug-likeness (QED) is 0.612. The standard InChI is InChI=1S/C23H27NO5/c1-13(2)15-5-3-14(4-6-15)9-18-10-16(7-8-17(18)11-24)23-22(28)21(27)20(26)19(12-25)29-23/h3-8,10,13,19-23,25-28H,9,12H2,1-2H3/t19-,20-,21+,22-,23+/m1/s1. The summed E-state index contributed by atoms with van der Waals surface area (Å²) in [6.07, 6.45) is -5.54. The monoisotopic (exact) mass is 397 g/mol. The molecule has 5 atom stereocenters. The zero-order valence-electron chi connectivity index (χ0n) is 16.6. The van der Waals surface area contributed by atoms with Crippen molar-refractivity contribution in [2.24, 2.45) is 0 Å². The smallest absolute Gasteiger partial charge is 0.113 e. The van der Waals surface area contributed by atoms with Crippen molar-refractivity contribution >= 4 is 0 Å². The van der Waals surface area contributed by atoms with Crippen molar-refractivity contribution in [2.45, 2.75) is 56.7 Å². The largest absolute Gasteiger partial charge is 0.394 e. The van der Waals surface area contributed by atoms with Crippen LogP contribution in [0.15, 0.2) is 42.5 Å². The predicted molar refractivity (Wildman–Crippen MR) is 107 cm³/mol. The minimum Gasteiger partial charge on any atom is -0.394 e. The van der Waals surface area contributed by atoms with Crippen molar-refractivity contribution in [1.29, 1.82) is 5.26 Å². The maximum absolute atomic E-state index is 10.4. The molecule has 3 rings (SSSR count). The molecule has 0 bridgehead atoms. The molecule has 29 heavy (non-hydrogen) atoms. The molecule has 1 aliphatic rings. The lowest BCUT2D eigenvalue weighted by molar-refractivity contribution is -0.231. The van der Waals surface area contributed by atoms with E-state index in [0.29, 0.717) is 23.5 Å². The molecule has 0 spiro atoms. The highest BCUT2D eigenvalue weighted by atomic mass is 16.5. The first kappa shape index (κ1) is 21.4. The molecule has 1 aliphatic heterocycles. The Bertz CT molecular complexity index is 872. The van der Waals surface area contributed by atoms with Gasteiger partial charge in [0.15, 0.2) is 0 Å². The Morgan fingerprint density at radius 3 is 2.28 bits per heavy atom. The van der Waals surface area contributed by atoms with Crippen LogP contribution in [0.5, 0.6) is 0 Å². The maximum atomic E-state index is 10.4. The van der Waals surface area contributed by atoms with Crippen LogP contribution >= 0.6 is 0 Å². The normalized spacial score (nSPS) is 27.0. The van der Waals surface area contributed by atoms with Crippen molar-refractivity contribution in [3.05, 3.63) is 70.3 Å². The summed E-state index contributed by atoms with van der Waals surface area (Å²) in [6.45, 7) is 3.78. The van der Waals surface area contributed by atoms with Crippen molar-refractivity contribution in [2.75, 3.05) is 6.61 Å². The molecule has 4 N–H and O–H groups in total. The summed E-state index contributed by atoms with van der Waals surface area (Å²) >= 11 is 0. The summed E-state index contributed by atoms with van der Waals surface area (Å²) in [4.78, 5) is 0. The van der Waals surface area contributed by atoms with Crippen LogP contribution in [0.4, 0.5) is 0 Å². The van der Waals surface area contributed by atoms with Crippen LogP contribution in [0.1, 0.15) is 53.7 Å². The predicted octanol–water partition coefficient (Wildman–Crippen LogP) is 1.79. The molecule has 0 amide bonds. The molecule has 0 saturated carbocycles.